The molecule has 2 aromatic rings. The van der Waals surface area contributed by atoms with Crippen LogP contribution in [0.4, 0.5) is 0 Å². The monoisotopic (exact) mass is 367 g/mol. The summed E-state index contributed by atoms with van der Waals surface area (Å²) in [7, 11) is 1.70. The maximum atomic E-state index is 6.24. The van der Waals surface area contributed by atoms with Gasteiger partial charge in [0.05, 0.1) is 18.2 Å². The van der Waals surface area contributed by atoms with E-state index in [9.17, 15) is 0 Å². The standard InChI is InChI=1S/C17H19BrClNO/c1-4-20-17(12-6-7-14(18)15(19)10-12)13-9-11(2)5-8-16(13)21-3/h5-10,17,20H,4H2,1-3H3. The normalized spacial score (nSPS) is 12.2. The molecule has 1 atom stereocenters. The number of nitrogens with one attached hydrogen (secondary N) is 1. The third kappa shape index (κ3) is 3.79. The molecule has 0 saturated carbocycles. The Kier molecular flexibility index (Phi) is 5.68. The lowest BCUT2D eigenvalue weighted by atomic mass is 9.96. The zero-order valence-corrected chi connectivity index (χ0v) is 14.8. The Morgan fingerprint density at radius 2 is 2.00 bits per heavy atom. The van der Waals surface area contributed by atoms with Crippen molar-refractivity contribution < 1.29 is 4.74 Å². The summed E-state index contributed by atoms with van der Waals surface area (Å²) in [6.45, 7) is 5.03. The van der Waals surface area contributed by atoms with Crippen LogP contribution in [-0.4, -0.2) is 13.7 Å². The Morgan fingerprint density at radius 1 is 1.24 bits per heavy atom. The number of aryl methyl sites for hydroxylation is 1. The van der Waals surface area contributed by atoms with Crippen LogP contribution in [0.3, 0.4) is 0 Å². The molecule has 0 radical (unpaired) electrons. The summed E-state index contributed by atoms with van der Waals surface area (Å²) in [6, 6.07) is 12.3. The Morgan fingerprint density at radius 3 is 2.62 bits per heavy atom. The van der Waals surface area contributed by atoms with E-state index in [-0.39, 0.29) is 6.04 Å². The van der Waals surface area contributed by atoms with Crippen molar-refractivity contribution >= 4 is 27.5 Å². The first-order valence-corrected chi connectivity index (χ1v) is 8.06. The van der Waals surface area contributed by atoms with Crippen molar-refractivity contribution in [2.75, 3.05) is 13.7 Å². The maximum absolute atomic E-state index is 6.24. The van der Waals surface area contributed by atoms with Gasteiger partial charge < -0.3 is 10.1 Å². The van der Waals surface area contributed by atoms with Crippen molar-refractivity contribution in [1.29, 1.82) is 0 Å². The van der Waals surface area contributed by atoms with Crippen molar-refractivity contribution in [3.05, 3.63) is 62.6 Å². The van der Waals surface area contributed by atoms with Gasteiger partial charge in [0, 0.05) is 10.0 Å². The summed E-state index contributed by atoms with van der Waals surface area (Å²) in [5.74, 6) is 0.880. The fourth-order valence-electron chi connectivity index (χ4n) is 2.38. The second-order valence-electron chi connectivity index (χ2n) is 4.91. The van der Waals surface area contributed by atoms with Crippen LogP contribution < -0.4 is 10.1 Å². The lowest BCUT2D eigenvalue weighted by Crippen LogP contribution is -2.22. The largest absolute Gasteiger partial charge is 0.496 e. The predicted molar refractivity (Wildman–Crippen MR) is 92.4 cm³/mol. The molecule has 0 aromatic heterocycles. The topological polar surface area (TPSA) is 21.3 Å². The lowest BCUT2D eigenvalue weighted by Gasteiger charge is -2.22. The molecule has 21 heavy (non-hydrogen) atoms. The zero-order valence-electron chi connectivity index (χ0n) is 12.4. The Balaban J connectivity index is 2.52. The first-order valence-electron chi connectivity index (χ1n) is 6.89. The van der Waals surface area contributed by atoms with Crippen molar-refractivity contribution in [3.63, 3.8) is 0 Å². The Hall–Kier alpha value is -1.03. The average Bonchev–Trinajstić information content (AvgIpc) is 2.48. The average molecular weight is 369 g/mol. The SMILES string of the molecule is CCNC(c1ccc(Br)c(Cl)c1)c1cc(C)ccc1OC. The van der Waals surface area contributed by atoms with Crippen molar-refractivity contribution in [2.24, 2.45) is 0 Å². The smallest absolute Gasteiger partial charge is 0.123 e. The molecule has 112 valence electrons. The fraction of sp³-hybridized carbons (Fsp3) is 0.294. The number of hydrogen-bond donors (Lipinski definition) is 1. The van der Waals surface area contributed by atoms with E-state index >= 15 is 0 Å². The summed E-state index contributed by atoms with van der Waals surface area (Å²) in [4.78, 5) is 0. The number of hydrogen-bond acceptors (Lipinski definition) is 2. The highest BCUT2D eigenvalue weighted by Gasteiger charge is 2.18. The lowest BCUT2D eigenvalue weighted by molar-refractivity contribution is 0.404. The van der Waals surface area contributed by atoms with Gasteiger partial charge in [-0.1, -0.05) is 42.3 Å². The van der Waals surface area contributed by atoms with Crippen LogP contribution in [0, 0.1) is 6.92 Å². The molecular formula is C17H19BrClNO. The molecule has 0 aliphatic heterocycles. The molecule has 2 nitrogen and oxygen atoms in total. The van der Waals surface area contributed by atoms with Crippen molar-refractivity contribution in [1.82, 2.24) is 5.32 Å². The van der Waals surface area contributed by atoms with Gasteiger partial charge in [-0.25, -0.2) is 0 Å². The molecule has 0 amide bonds. The summed E-state index contributed by atoms with van der Waals surface area (Å²) >= 11 is 9.68. The molecule has 0 heterocycles. The first kappa shape index (κ1) is 16.3. The number of ether oxygens (including phenoxy) is 1. The van der Waals surface area contributed by atoms with Gasteiger partial charge in [0.1, 0.15) is 5.75 Å². The molecule has 4 heteroatoms. The van der Waals surface area contributed by atoms with Gasteiger partial charge in [0.15, 0.2) is 0 Å². The van der Waals surface area contributed by atoms with Crippen LogP contribution >= 0.6 is 27.5 Å². The van der Waals surface area contributed by atoms with E-state index in [4.69, 9.17) is 16.3 Å². The summed E-state index contributed by atoms with van der Waals surface area (Å²) in [5.41, 5.74) is 3.45. The minimum atomic E-state index is 0.0513. The van der Waals surface area contributed by atoms with Gasteiger partial charge in [0.25, 0.3) is 0 Å². The van der Waals surface area contributed by atoms with Gasteiger partial charge in [-0.3, -0.25) is 0 Å². The van der Waals surface area contributed by atoms with Gasteiger partial charge in [0.2, 0.25) is 0 Å². The maximum Gasteiger partial charge on any atom is 0.123 e. The van der Waals surface area contributed by atoms with Crippen LogP contribution in [0.25, 0.3) is 0 Å². The van der Waals surface area contributed by atoms with E-state index in [0.717, 1.165) is 27.9 Å². The van der Waals surface area contributed by atoms with Crippen LogP contribution in [0.15, 0.2) is 40.9 Å². The molecular weight excluding hydrogens is 350 g/mol. The van der Waals surface area contributed by atoms with Crippen molar-refractivity contribution in [2.45, 2.75) is 19.9 Å². The molecule has 0 aliphatic rings. The Labute approximate surface area is 139 Å². The van der Waals surface area contributed by atoms with Gasteiger partial charge >= 0.3 is 0 Å². The minimum Gasteiger partial charge on any atom is -0.496 e. The van der Waals surface area contributed by atoms with E-state index in [1.54, 1.807) is 7.11 Å². The molecule has 1 N–H and O–H groups in total. The van der Waals surface area contributed by atoms with E-state index < -0.39 is 0 Å². The van der Waals surface area contributed by atoms with Gasteiger partial charge in [-0.05, 0) is 53.2 Å². The van der Waals surface area contributed by atoms with E-state index in [1.165, 1.54) is 5.56 Å². The molecule has 0 fully saturated rings. The molecule has 2 rings (SSSR count). The number of halogens is 2. The quantitative estimate of drug-likeness (QED) is 0.791. The highest BCUT2D eigenvalue weighted by molar-refractivity contribution is 9.10. The predicted octanol–water partition coefficient (Wildman–Crippen LogP) is 5.12. The van der Waals surface area contributed by atoms with E-state index in [2.05, 4.69) is 53.3 Å². The molecule has 0 spiro atoms. The molecule has 0 bridgehead atoms. The molecule has 0 aliphatic carbocycles. The van der Waals surface area contributed by atoms with Gasteiger partial charge in [-0.15, -0.1) is 0 Å². The van der Waals surface area contributed by atoms with Crippen molar-refractivity contribution in [3.8, 4) is 5.75 Å². The van der Waals surface area contributed by atoms with Gasteiger partial charge in [-0.2, -0.15) is 0 Å². The second-order valence-corrected chi connectivity index (χ2v) is 6.17. The highest BCUT2D eigenvalue weighted by atomic mass is 79.9. The van der Waals surface area contributed by atoms with Crippen LogP contribution in [0.2, 0.25) is 5.02 Å². The second kappa shape index (κ2) is 7.30. The van der Waals surface area contributed by atoms with Crippen LogP contribution in [0.5, 0.6) is 5.75 Å². The molecule has 0 saturated heterocycles. The third-order valence-electron chi connectivity index (χ3n) is 3.38. The van der Waals surface area contributed by atoms with E-state index in [0.29, 0.717) is 5.02 Å². The summed E-state index contributed by atoms with van der Waals surface area (Å²) in [5, 5.41) is 4.22. The number of benzene rings is 2. The summed E-state index contributed by atoms with van der Waals surface area (Å²) < 4.78 is 6.42. The Bertz CT molecular complexity index is 630. The molecule has 1 unspecified atom stereocenters. The summed E-state index contributed by atoms with van der Waals surface area (Å²) in [6.07, 6.45) is 0. The fourth-order valence-corrected chi connectivity index (χ4v) is 2.82. The molecule has 2 aromatic carbocycles. The zero-order chi connectivity index (χ0) is 15.4. The minimum absolute atomic E-state index is 0.0513. The van der Waals surface area contributed by atoms with Crippen LogP contribution in [0.1, 0.15) is 29.7 Å². The highest BCUT2D eigenvalue weighted by Crippen LogP contribution is 2.33. The van der Waals surface area contributed by atoms with E-state index in [1.807, 2.05) is 18.2 Å². The van der Waals surface area contributed by atoms with Crippen LogP contribution in [-0.2, 0) is 0 Å². The first-order chi connectivity index (χ1) is 10.1. The number of methoxy groups -OCH3 is 1. The number of rotatable bonds is 5. The third-order valence-corrected chi connectivity index (χ3v) is 4.61.